The zero-order chi connectivity index (χ0) is 14.4. The van der Waals surface area contributed by atoms with Gasteiger partial charge in [0.1, 0.15) is 16.9 Å². The smallest absolute Gasteiger partial charge is 0.294 e. The molecule has 0 aliphatic heterocycles. The molecular formula is C14H9BrN4O2. The predicted octanol–water partition coefficient (Wildman–Crippen LogP) is 2.68. The molecule has 0 amide bonds. The molecule has 3 heterocycles. The minimum Gasteiger partial charge on any atom is -0.449 e. The minimum atomic E-state index is -0.276. The summed E-state index contributed by atoms with van der Waals surface area (Å²) in [7, 11) is 0. The highest BCUT2D eigenvalue weighted by atomic mass is 79.9. The predicted molar refractivity (Wildman–Crippen MR) is 81.2 cm³/mol. The molecule has 0 unspecified atom stereocenters. The van der Waals surface area contributed by atoms with Gasteiger partial charge in [0.05, 0.1) is 12.9 Å². The molecule has 1 aromatic carbocycles. The van der Waals surface area contributed by atoms with Gasteiger partial charge in [-0.25, -0.2) is 9.97 Å². The van der Waals surface area contributed by atoms with Crippen molar-refractivity contribution in [2.75, 3.05) is 0 Å². The summed E-state index contributed by atoms with van der Waals surface area (Å²) in [5.74, 6) is 0.563. The van der Waals surface area contributed by atoms with E-state index in [2.05, 4.69) is 30.9 Å². The molecule has 0 fully saturated rings. The Morgan fingerprint density at radius 2 is 2.29 bits per heavy atom. The second-order valence-corrected chi connectivity index (χ2v) is 5.58. The zero-order valence-electron chi connectivity index (χ0n) is 10.7. The Morgan fingerprint density at radius 1 is 1.38 bits per heavy atom. The molecule has 0 radical (unpaired) electrons. The molecule has 7 heteroatoms. The number of fused-ring (bicyclic) bond motifs is 3. The van der Waals surface area contributed by atoms with E-state index in [1.54, 1.807) is 12.5 Å². The van der Waals surface area contributed by atoms with Gasteiger partial charge in [0.15, 0.2) is 0 Å². The number of aromatic amines is 1. The van der Waals surface area contributed by atoms with Crippen molar-refractivity contribution in [1.82, 2.24) is 19.5 Å². The third-order valence-corrected chi connectivity index (χ3v) is 3.72. The number of imidazole rings is 1. The van der Waals surface area contributed by atoms with E-state index in [0.717, 1.165) is 9.86 Å². The third kappa shape index (κ3) is 2.06. The molecule has 0 aliphatic carbocycles. The maximum Gasteiger partial charge on any atom is 0.294 e. The maximum absolute atomic E-state index is 12.2. The highest BCUT2D eigenvalue weighted by Crippen LogP contribution is 2.27. The van der Waals surface area contributed by atoms with E-state index in [0.29, 0.717) is 23.5 Å². The van der Waals surface area contributed by atoms with Gasteiger partial charge in [0.25, 0.3) is 5.56 Å². The molecule has 0 atom stereocenters. The van der Waals surface area contributed by atoms with Crippen LogP contribution < -0.4 is 5.56 Å². The number of nitrogens with zero attached hydrogens (tertiary/aromatic N) is 3. The van der Waals surface area contributed by atoms with Gasteiger partial charge in [0.2, 0.25) is 5.58 Å². The van der Waals surface area contributed by atoms with E-state index in [9.17, 15) is 4.79 Å². The fraction of sp³-hybridized carbons (Fsp3) is 0.0714. The summed E-state index contributed by atoms with van der Waals surface area (Å²) in [4.78, 5) is 23.4. The average Bonchev–Trinajstić information content (AvgIpc) is 3.07. The van der Waals surface area contributed by atoms with Crippen LogP contribution in [0.2, 0.25) is 0 Å². The van der Waals surface area contributed by atoms with Crippen LogP contribution in [0.5, 0.6) is 0 Å². The van der Waals surface area contributed by atoms with Crippen molar-refractivity contribution in [2.45, 2.75) is 6.54 Å². The standard InChI is InChI=1S/C14H9BrN4O2/c15-8-1-2-10-9(5-8)12-13(21-10)14(20)18-11(17-12)6-19-4-3-16-7-19/h1-5,7H,6H2,(H,17,18,20). The lowest BCUT2D eigenvalue weighted by molar-refractivity contribution is 0.656. The van der Waals surface area contributed by atoms with Crippen LogP contribution in [-0.4, -0.2) is 19.5 Å². The molecule has 21 heavy (non-hydrogen) atoms. The van der Waals surface area contributed by atoms with E-state index >= 15 is 0 Å². The number of furan rings is 1. The van der Waals surface area contributed by atoms with E-state index in [1.807, 2.05) is 29.0 Å². The zero-order valence-corrected chi connectivity index (χ0v) is 12.3. The van der Waals surface area contributed by atoms with Crippen molar-refractivity contribution in [1.29, 1.82) is 0 Å². The Balaban J connectivity index is 1.96. The number of benzene rings is 1. The molecule has 0 saturated carbocycles. The summed E-state index contributed by atoms with van der Waals surface area (Å²) >= 11 is 3.42. The fourth-order valence-electron chi connectivity index (χ4n) is 2.30. The SMILES string of the molecule is O=c1[nH]c(Cn2ccnc2)nc2c1oc1ccc(Br)cc12. The molecule has 0 saturated heterocycles. The van der Waals surface area contributed by atoms with Gasteiger partial charge in [-0.05, 0) is 18.2 Å². The van der Waals surface area contributed by atoms with Gasteiger partial charge in [-0.15, -0.1) is 0 Å². The highest BCUT2D eigenvalue weighted by molar-refractivity contribution is 9.10. The summed E-state index contributed by atoms with van der Waals surface area (Å²) < 4.78 is 8.33. The van der Waals surface area contributed by atoms with Gasteiger partial charge >= 0.3 is 0 Å². The van der Waals surface area contributed by atoms with Crippen LogP contribution in [0.25, 0.3) is 22.1 Å². The van der Waals surface area contributed by atoms with Gasteiger partial charge in [-0.1, -0.05) is 15.9 Å². The van der Waals surface area contributed by atoms with Crippen molar-refractivity contribution < 1.29 is 4.42 Å². The van der Waals surface area contributed by atoms with E-state index in [-0.39, 0.29) is 11.1 Å². The normalized spacial score (nSPS) is 11.5. The van der Waals surface area contributed by atoms with Crippen molar-refractivity contribution in [3.8, 4) is 0 Å². The molecular weight excluding hydrogens is 336 g/mol. The third-order valence-electron chi connectivity index (χ3n) is 3.23. The van der Waals surface area contributed by atoms with E-state index in [1.165, 1.54) is 0 Å². The Hall–Kier alpha value is -2.41. The van der Waals surface area contributed by atoms with Crippen LogP contribution in [-0.2, 0) is 6.54 Å². The number of hydrogen-bond donors (Lipinski definition) is 1. The first-order chi connectivity index (χ1) is 10.2. The maximum atomic E-state index is 12.2. The summed E-state index contributed by atoms with van der Waals surface area (Å²) in [5, 5.41) is 0.817. The molecule has 3 aromatic heterocycles. The molecule has 6 nitrogen and oxygen atoms in total. The number of aromatic nitrogens is 4. The van der Waals surface area contributed by atoms with Crippen LogP contribution in [0.1, 0.15) is 5.82 Å². The highest BCUT2D eigenvalue weighted by Gasteiger charge is 2.13. The van der Waals surface area contributed by atoms with Crippen LogP contribution in [0.15, 0.2) is 50.6 Å². The number of hydrogen-bond acceptors (Lipinski definition) is 4. The number of H-pyrrole nitrogens is 1. The molecule has 4 rings (SSSR count). The lowest BCUT2D eigenvalue weighted by Gasteiger charge is -2.01. The first-order valence-corrected chi connectivity index (χ1v) is 7.07. The Kier molecular flexibility index (Phi) is 2.68. The van der Waals surface area contributed by atoms with Crippen LogP contribution in [0.4, 0.5) is 0 Å². The summed E-state index contributed by atoms with van der Waals surface area (Å²) in [6.07, 6.45) is 5.17. The molecule has 0 aliphatic rings. The number of halogens is 1. The molecule has 0 spiro atoms. The monoisotopic (exact) mass is 344 g/mol. The first kappa shape index (κ1) is 12.3. The molecule has 0 bridgehead atoms. The fourth-order valence-corrected chi connectivity index (χ4v) is 2.66. The van der Waals surface area contributed by atoms with Crippen molar-refractivity contribution >= 4 is 38.0 Å². The summed E-state index contributed by atoms with van der Waals surface area (Å²) in [5.41, 5.74) is 1.19. The van der Waals surface area contributed by atoms with Crippen LogP contribution in [0, 0.1) is 0 Å². The van der Waals surface area contributed by atoms with Gasteiger partial charge in [-0.2, -0.15) is 0 Å². The Morgan fingerprint density at radius 3 is 3.10 bits per heavy atom. The average molecular weight is 345 g/mol. The van der Waals surface area contributed by atoms with Crippen molar-refractivity contribution in [2.24, 2.45) is 0 Å². The molecule has 104 valence electrons. The number of nitrogens with one attached hydrogen (secondary N) is 1. The topological polar surface area (TPSA) is 76.7 Å². The molecule has 4 aromatic rings. The van der Waals surface area contributed by atoms with Gasteiger partial charge < -0.3 is 14.0 Å². The molecule has 1 N–H and O–H groups in total. The second kappa shape index (κ2) is 4.56. The van der Waals surface area contributed by atoms with E-state index < -0.39 is 0 Å². The lowest BCUT2D eigenvalue weighted by atomic mass is 10.2. The quantitative estimate of drug-likeness (QED) is 0.606. The Bertz CT molecular complexity index is 1000. The second-order valence-electron chi connectivity index (χ2n) is 4.67. The van der Waals surface area contributed by atoms with Crippen LogP contribution in [0.3, 0.4) is 0 Å². The largest absolute Gasteiger partial charge is 0.449 e. The Labute approximate surface area is 126 Å². The lowest BCUT2D eigenvalue weighted by Crippen LogP contribution is -2.13. The van der Waals surface area contributed by atoms with Crippen LogP contribution >= 0.6 is 15.9 Å². The first-order valence-electron chi connectivity index (χ1n) is 6.27. The van der Waals surface area contributed by atoms with E-state index in [4.69, 9.17) is 4.42 Å². The minimum absolute atomic E-state index is 0.248. The van der Waals surface area contributed by atoms with Gasteiger partial charge in [-0.3, -0.25) is 4.79 Å². The van der Waals surface area contributed by atoms with Crippen molar-refractivity contribution in [3.05, 3.63) is 57.6 Å². The van der Waals surface area contributed by atoms with Gasteiger partial charge in [0, 0.05) is 22.3 Å². The number of rotatable bonds is 2. The summed E-state index contributed by atoms with van der Waals surface area (Å²) in [6.45, 7) is 0.450. The summed E-state index contributed by atoms with van der Waals surface area (Å²) in [6, 6.07) is 5.58. The van der Waals surface area contributed by atoms with Crippen molar-refractivity contribution in [3.63, 3.8) is 0 Å².